The van der Waals surface area contributed by atoms with E-state index in [0.717, 1.165) is 51.9 Å². The summed E-state index contributed by atoms with van der Waals surface area (Å²) in [6.45, 7) is 10.3. The highest BCUT2D eigenvalue weighted by Gasteiger charge is 2.55. The molecule has 5 heteroatoms. The number of nitrogens with zero attached hydrogens (tertiary/aromatic N) is 2. The van der Waals surface area contributed by atoms with E-state index >= 15 is 0 Å². The van der Waals surface area contributed by atoms with E-state index < -0.39 is 0 Å². The maximum Gasteiger partial charge on any atom is 0.310 e. The Morgan fingerprint density at radius 2 is 2.06 bits per heavy atom. The first kappa shape index (κ1) is 19.8. The van der Waals surface area contributed by atoms with Crippen molar-refractivity contribution >= 4 is 5.97 Å². The van der Waals surface area contributed by atoms with Gasteiger partial charge in [0.25, 0.3) is 5.56 Å². The van der Waals surface area contributed by atoms with Crippen molar-refractivity contribution in [2.75, 3.05) is 19.6 Å². The average Bonchev–Trinajstić information content (AvgIpc) is 3.01. The van der Waals surface area contributed by atoms with E-state index in [4.69, 9.17) is 4.74 Å². The van der Waals surface area contributed by atoms with Crippen LogP contribution in [-0.2, 0) is 16.1 Å². The number of aromatic nitrogens is 1. The molecule has 0 unspecified atom stereocenters. The van der Waals surface area contributed by atoms with Crippen LogP contribution in [0, 0.1) is 29.1 Å². The van der Waals surface area contributed by atoms with Crippen molar-refractivity contribution in [3.05, 3.63) is 46.4 Å². The summed E-state index contributed by atoms with van der Waals surface area (Å²) in [7, 11) is 0. The van der Waals surface area contributed by atoms with Crippen LogP contribution in [-0.4, -0.2) is 41.2 Å². The number of allylic oxidation sites excluding steroid dienone is 1. The highest BCUT2D eigenvalue weighted by molar-refractivity contribution is 5.75. The second-order valence-corrected chi connectivity index (χ2v) is 11.3. The molecule has 4 heterocycles. The summed E-state index contributed by atoms with van der Waals surface area (Å²) in [5.74, 6) is 1.77. The monoisotopic (exact) mass is 422 g/mol. The zero-order valence-electron chi connectivity index (χ0n) is 18.6. The number of rotatable bonds is 2. The quantitative estimate of drug-likeness (QED) is 0.540. The van der Waals surface area contributed by atoms with Gasteiger partial charge in [-0.1, -0.05) is 25.1 Å². The molecular formula is C26H34N2O3. The molecule has 2 bridgehead atoms. The van der Waals surface area contributed by atoms with E-state index in [0.29, 0.717) is 23.7 Å². The molecule has 1 aromatic rings. The lowest BCUT2D eigenvalue weighted by Crippen LogP contribution is -2.50. The van der Waals surface area contributed by atoms with Gasteiger partial charge in [-0.15, -0.1) is 0 Å². The number of likely N-dealkylation sites (tertiary alicyclic amines) is 1. The van der Waals surface area contributed by atoms with Crippen LogP contribution in [0.1, 0.15) is 57.1 Å². The van der Waals surface area contributed by atoms with Crippen LogP contribution in [0.15, 0.2) is 35.1 Å². The van der Waals surface area contributed by atoms with Crippen LogP contribution in [0.5, 0.6) is 0 Å². The molecule has 0 amide bonds. The first-order valence-corrected chi connectivity index (χ1v) is 12.2. The predicted molar refractivity (Wildman–Crippen MR) is 119 cm³/mol. The van der Waals surface area contributed by atoms with Crippen LogP contribution in [0.4, 0.5) is 0 Å². The SMILES string of the molecule is C=C1CCC[C@]2(C)C[C@H]3OC(=O)[C@@H](CN4C[C@H]5C[C@@H](C4)c4cccc(=O)n4C5)[C@H]3C[C@@H]12. The van der Waals surface area contributed by atoms with Gasteiger partial charge in [0, 0.05) is 49.8 Å². The van der Waals surface area contributed by atoms with Crippen LogP contribution in [0.2, 0.25) is 0 Å². The van der Waals surface area contributed by atoms with E-state index in [1.54, 1.807) is 6.07 Å². The van der Waals surface area contributed by atoms with Crippen molar-refractivity contribution in [3.8, 4) is 0 Å². The third kappa shape index (κ3) is 3.14. The maximum absolute atomic E-state index is 13.0. The Morgan fingerprint density at radius 3 is 2.94 bits per heavy atom. The average molecular weight is 423 g/mol. The molecule has 1 aromatic heterocycles. The van der Waals surface area contributed by atoms with Gasteiger partial charge in [0.1, 0.15) is 6.10 Å². The molecule has 7 atom stereocenters. The van der Waals surface area contributed by atoms with Gasteiger partial charge in [-0.05, 0) is 61.8 Å². The number of fused-ring (bicyclic) bond motifs is 6. The largest absolute Gasteiger partial charge is 0.462 e. The molecule has 2 aliphatic carbocycles. The van der Waals surface area contributed by atoms with Crippen molar-refractivity contribution < 1.29 is 9.53 Å². The van der Waals surface area contributed by atoms with E-state index in [9.17, 15) is 9.59 Å². The van der Waals surface area contributed by atoms with Crippen molar-refractivity contribution in [1.29, 1.82) is 0 Å². The fourth-order valence-electron chi connectivity index (χ4n) is 7.89. The van der Waals surface area contributed by atoms with Crippen LogP contribution in [0.3, 0.4) is 0 Å². The van der Waals surface area contributed by atoms with Gasteiger partial charge in [-0.2, -0.15) is 0 Å². The van der Waals surface area contributed by atoms with Crippen LogP contribution in [0.25, 0.3) is 0 Å². The topological polar surface area (TPSA) is 51.5 Å². The summed E-state index contributed by atoms with van der Waals surface area (Å²) in [6, 6.07) is 5.68. The smallest absolute Gasteiger partial charge is 0.310 e. The minimum absolute atomic E-state index is 0.0129. The Balaban J connectivity index is 1.20. The van der Waals surface area contributed by atoms with Gasteiger partial charge in [0.15, 0.2) is 0 Å². The number of esters is 1. The molecule has 4 fully saturated rings. The van der Waals surface area contributed by atoms with Gasteiger partial charge < -0.3 is 14.2 Å². The zero-order valence-corrected chi connectivity index (χ0v) is 18.6. The van der Waals surface area contributed by atoms with E-state index in [1.807, 2.05) is 10.6 Å². The number of hydrogen-bond donors (Lipinski definition) is 0. The second-order valence-electron chi connectivity index (χ2n) is 11.3. The highest BCUT2D eigenvalue weighted by atomic mass is 16.6. The number of piperidine rings is 1. The zero-order chi connectivity index (χ0) is 21.3. The minimum atomic E-state index is -0.0129. The Bertz CT molecular complexity index is 983. The van der Waals surface area contributed by atoms with Crippen molar-refractivity contribution in [2.45, 2.75) is 64.0 Å². The van der Waals surface area contributed by atoms with Crippen molar-refractivity contribution in [1.82, 2.24) is 9.47 Å². The molecule has 0 N–H and O–H groups in total. The summed E-state index contributed by atoms with van der Waals surface area (Å²) in [6.07, 6.45) is 6.92. The minimum Gasteiger partial charge on any atom is -0.462 e. The molecule has 5 aliphatic rings. The summed E-state index contributed by atoms with van der Waals surface area (Å²) in [5, 5.41) is 0. The Morgan fingerprint density at radius 1 is 1.19 bits per heavy atom. The Kier molecular flexibility index (Phi) is 4.51. The van der Waals surface area contributed by atoms with Crippen molar-refractivity contribution in [3.63, 3.8) is 0 Å². The fraction of sp³-hybridized carbons (Fsp3) is 0.692. The lowest BCUT2D eigenvalue weighted by Gasteiger charge is -2.50. The predicted octanol–water partition coefficient (Wildman–Crippen LogP) is 3.58. The van der Waals surface area contributed by atoms with Gasteiger partial charge in [-0.25, -0.2) is 0 Å². The first-order chi connectivity index (χ1) is 14.9. The summed E-state index contributed by atoms with van der Waals surface area (Å²) in [5.41, 5.74) is 2.96. The van der Waals surface area contributed by atoms with Crippen LogP contribution >= 0.6 is 0 Å². The Labute approximate surface area is 184 Å². The van der Waals surface area contributed by atoms with Crippen molar-refractivity contribution in [2.24, 2.45) is 29.1 Å². The maximum atomic E-state index is 13.0. The third-order valence-corrected chi connectivity index (χ3v) is 9.33. The first-order valence-electron chi connectivity index (χ1n) is 12.2. The lowest BCUT2D eigenvalue weighted by atomic mass is 9.55. The number of pyridine rings is 1. The standard InChI is InChI=1S/C26H34N2O3/c1-16-5-4-8-26(2)11-23-19(10-21(16)26)20(25(30)31-23)15-27-12-17-9-18(14-27)22-6-3-7-24(29)28(22)13-17/h3,6-7,17-21,23H,1,4-5,8-15H2,2H3/t17-,18+,19-,20+,21+,23-,26-/m1/s1. The molecule has 2 saturated carbocycles. The third-order valence-electron chi connectivity index (χ3n) is 9.33. The molecular weight excluding hydrogens is 388 g/mol. The van der Waals surface area contributed by atoms with E-state index in [2.05, 4.69) is 24.5 Å². The van der Waals surface area contributed by atoms with Gasteiger partial charge in [0.2, 0.25) is 0 Å². The highest BCUT2D eigenvalue weighted by Crippen LogP contribution is 2.57. The second kappa shape index (κ2) is 7.06. The molecule has 3 aliphatic heterocycles. The van der Waals surface area contributed by atoms with Crippen LogP contribution < -0.4 is 5.56 Å². The summed E-state index contributed by atoms with van der Waals surface area (Å²) in [4.78, 5) is 27.8. The summed E-state index contributed by atoms with van der Waals surface area (Å²) < 4.78 is 7.97. The molecule has 0 aromatic carbocycles. The number of carbonyl (C=O) groups is 1. The molecule has 31 heavy (non-hydrogen) atoms. The molecule has 0 radical (unpaired) electrons. The molecule has 0 spiro atoms. The fourth-order valence-corrected chi connectivity index (χ4v) is 7.89. The molecule has 5 nitrogen and oxygen atoms in total. The van der Waals surface area contributed by atoms with Gasteiger partial charge in [0.05, 0.1) is 5.92 Å². The molecule has 166 valence electrons. The lowest BCUT2D eigenvalue weighted by molar-refractivity contribution is -0.146. The van der Waals surface area contributed by atoms with E-state index in [-0.39, 0.29) is 29.0 Å². The molecule has 2 saturated heterocycles. The van der Waals surface area contributed by atoms with Gasteiger partial charge in [-0.3, -0.25) is 9.59 Å². The molecule has 6 rings (SSSR count). The van der Waals surface area contributed by atoms with Gasteiger partial charge >= 0.3 is 5.97 Å². The normalized spacial score (nSPS) is 41.8. The number of carbonyl (C=O) groups excluding carboxylic acids is 1. The number of hydrogen-bond acceptors (Lipinski definition) is 4. The van der Waals surface area contributed by atoms with E-state index in [1.165, 1.54) is 24.1 Å². The number of ether oxygens (including phenoxy) is 1. The Hall–Kier alpha value is -1.88. The summed E-state index contributed by atoms with van der Waals surface area (Å²) >= 11 is 0.